The second kappa shape index (κ2) is 5.00. The minimum atomic E-state index is -4.17. The molecule has 1 aliphatic carbocycles. The highest BCUT2D eigenvalue weighted by Gasteiger charge is 2.64. The summed E-state index contributed by atoms with van der Waals surface area (Å²) in [6.45, 7) is 0. The number of sulfone groups is 1. The number of carboxylic acid groups (broad SMARTS) is 1. The van der Waals surface area contributed by atoms with Crippen LogP contribution in [0.4, 0.5) is 4.39 Å². The van der Waals surface area contributed by atoms with Crippen LogP contribution in [0, 0.1) is 0 Å². The number of nitrogens with zero attached hydrogens (tertiary/aromatic N) is 2. The van der Waals surface area contributed by atoms with Crippen LogP contribution in [0.3, 0.4) is 0 Å². The lowest BCUT2D eigenvalue weighted by Gasteiger charge is -2.24. The Labute approximate surface area is 138 Å². The Hall–Kier alpha value is -2.00. The van der Waals surface area contributed by atoms with E-state index in [0.717, 1.165) is 5.56 Å². The molecule has 0 amide bonds. The lowest BCUT2D eigenvalue weighted by Crippen LogP contribution is -2.46. The number of halogens is 1. The van der Waals surface area contributed by atoms with Gasteiger partial charge in [0.05, 0.1) is 6.04 Å². The molecule has 3 atom stereocenters. The van der Waals surface area contributed by atoms with Crippen molar-refractivity contribution in [1.82, 2.24) is 10.4 Å². The van der Waals surface area contributed by atoms with Crippen LogP contribution in [-0.4, -0.2) is 46.8 Å². The number of carboxylic acids is 1. The molecule has 7 nitrogen and oxygen atoms in total. The number of alkyl halides is 1. The van der Waals surface area contributed by atoms with Gasteiger partial charge in [-0.2, -0.15) is 5.01 Å². The molecule has 2 heterocycles. The maximum Gasteiger partial charge on any atom is 0.325 e. The summed E-state index contributed by atoms with van der Waals surface area (Å²) in [5, 5.41) is 10.3. The zero-order valence-electron chi connectivity index (χ0n) is 12.6. The van der Waals surface area contributed by atoms with Crippen LogP contribution in [0.1, 0.15) is 30.9 Å². The van der Waals surface area contributed by atoms with E-state index in [9.17, 15) is 22.7 Å². The molecule has 128 valence electrons. The summed E-state index contributed by atoms with van der Waals surface area (Å²) in [7, 11) is -4.17. The maximum atomic E-state index is 14.3. The van der Waals surface area contributed by atoms with Gasteiger partial charge in [0.15, 0.2) is 10.9 Å². The summed E-state index contributed by atoms with van der Waals surface area (Å²) in [6.07, 6.45) is -1.98. The van der Waals surface area contributed by atoms with Crippen molar-refractivity contribution in [1.29, 1.82) is 0 Å². The van der Waals surface area contributed by atoms with Crippen molar-refractivity contribution in [2.45, 2.75) is 42.4 Å². The molecule has 1 saturated heterocycles. The number of hydrazine groups is 1. The molecule has 2 N–H and O–H groups in total. The van der Waals surface area contributed by atoms with Crippen molar-refractivity contribution < 1.29 is 22.7 Å². The van der Waals surface area contributed by atoms with E-state index in [-0.39, 0.29) is 25.3 Å². The smallest absolute Gasteiger partial charge is 0.325 e. The molecule has 2 aliphatic heterocycles. The van der Waals surface area contributed by atoms with Crippen molar-refractivity contribution in [3.05, 3.63) is 35.9 Å². The molecular formula is C15H16FN3O4S. The van der Waals surface area contributed by atoms with E-state index in [1.54, 1.807) is 0 Å². The minimum Gasteiger partial charge on any atom is -0.480 e. The highest BCUT2D eigenvalue weighted by atomic mass is 32.2. The lowest BCUT2D eigenvalue weighted by atomic mass is 10.1. The van der Waals surface area contributed by atoms with Crippen LogP contribution in [0.25, 0.3) is 0 Å². The molecule has 0 aromatic heterocycles. The van der Waals surface area contributed by atoms with Gasteiger partial charge in [0, 0.05) is 6.42 Å². The summed E-state index contributed by atoms with van der Waals surface area (Å²) in [6, 6.07) is 8.82. The monoisotopic (exact) mass is 353 g/mol. The summed E-state index contributed by atoms with van der Waals surface area (Å²) >= 11 is 0. The van der Waals surface area contributed by atoms with Gasteiger partial charge in [0.25, 0.3) is 0 Å². The number of amidine groups is 1. The summed E-state index contributed by atoms with van der Waals surface area (Å²) < 4.78 is 37.8. The number of aliphatic carboxylic acids is 1. The van der Waals surface area contributed by atoms with Gasteiger partial charge in [-0.3, -0.25) is 10.2 Å². The normalized spacial score (nSPS) is 31.2. The average Bonchev–Trinajstić information content (AvgIpc) is 3.18. The van der Waals surface area contributed by atoms with Gasteiger partial charge in [-0.25, -0.2) is 17.8 Å². The van der Waals surface area contributed by atoms with Gasteiger partial charge < -0.3 is 5.11 Å². The molecule has 24 heavy (non-hydrogen) atoms. The fraction of sp³-hybridized carbons (Fsp3) is 0.467. The Morgan fingerprint density at radius 2 is 2.00 bits per heavy atom. The zero-order valence-corrected chi connectivity index (χ0v) is 13.4. The van der Waals surface area contributed by atoms with Crippen molar-refractivity contribution in [2.75, 3.05) is 0 Å². The molecule has 1 aromatic rings. The number of aliphatic imine (C=N–C) groups is 1. The Morgan fingerprint density at radius 1 is 1.33 bits per heavy atom. The standard InChI is InChI=1S/C15H16FN3O4S/c16-10-8-11(9-4-2-1-3-5-9)19-12(10)17-14(18-19)24(22,23)15(6-7-15)13(20)21/h1-5,10-12H,6-8H2,(H,17,18)(H,20,21)/t10-,11-,12?/m0/s1. The predicted octanol–water partition coefficient (Wildman–Crippen LogP) is 1.00. The van der Waals surface area contributed by atoms with Crippen LogP contribution < -0.4 is 5.43 Å². The topological polar surface area (TPSA) is 99.1 Å². The molecule has 3 aliphatic rings. The third-order valence-corrected chi connectivity index (χ3v) is 7.23. The van der Waals surface area contributed by atoms with Crippen LogP contribution >= 0.6 is 0 Å². The third-order valence-electron chi connectivity index (χ3n) is 4.91. The molecule has 2 fully saturated rings. The van der Waals surface area contributed by atoms with Gasteiger partial charge in [-0.05, 0) is 18.4 Å². The van der Waals surface area contributed by atoms with Gasteiger partial charge in [-0.15, -0.1) is 0 Å². The average molecular weight is 353 g/mol. The molecule has 1 aromatic carbocycles. The van der Waals surface area contributed by atoms with Crippen molar-refractivity contribution in [3.8, 4) is 0 Å². The minimum absolute atomic E-state index is 0.0528. The number of rotatable bonds is 3. The van der Waals surface area contributed by atoms with E-state index in [2.05, 4.69) is 10.4 Å². The van der Waals surface area contributed by atoms with E-state index in [1.165, 1.54) is 5.01 Å². The number of benzene rings is 1. The first-order valence-electron chi connectivity index (χ1n) is 7.67. The molecular weight excluding hydrogens is 337 g/mol. The molecule has 0 radical (unpaired) electrons. The fourth-order valence-electron chi connectivity index (χ4n) is 3.35. The number of fused-ring (bicyclic) bond motifs is 1. The van der Waals surface area contributed by atoms with E-state index in [4.69, 9.17) is 0 Å². The first kappa shape index (κ1) is 15.5. The second-order valence-electron chi connectivity index (χ2n) is 6.35. The van der Waals surface area contributed by atoms with E-state index < -0.39 is 38.1 Å². The second-order valence-corrected chi connectivity index (χ2v) is 8.52. The van der Waals surface area contributed by atoms with E-state index >= 15 is 0 Å². The lowest BCUT2D eigenvalue weighted by molar-refractivity contribution is -0.137. The maximum absolute atomic E-state index is 14.3. The van der Waals surface area contributed by atoms with Crippen LogP contribution in [0.2, 0.25) is 0 Å². The predicted molar refractivity (Wildman–Crippen MR) is 83.4 cm³/mol. The van der Waals surface area contributed by atoms with Crippen LogP contribution in [0.5, 0.6) is 0 Å². The van der Waals surface area contributed by atoms with E-state index in [1.807, 2.05) is 30.3 Å². The van der Waals surface area contributed by atoms with Gasteiger partial charge in [-0.1, -0.05) is 30.3 Å². The zero-order chi connectivity index (χ0) is 17.1. The fourth-order valence-corrected chi connectivity index (χ4v) is 5.06. The number of hydrogen-bond donors (Lipinski definition) is 2. The Bertz CT molecular complexity index is 822. The van der Waals surface area contributed by atoms with Gasteiger partial charge in [0.1, 0.15) is 6.17 Å². The van der Waals surface area contributed by atoms with Crippen molar-refractivity contribution in [2.24, 2.45) is 4.99 Å². The van der Waals surface area contributed by atoms with Gasteiger partial charge in [0.2, 0.25) is 15.0 Å². The molecule has 9 heteroatoms. The van der Waals surface area contributed by atoms with Crippen molar-refractivity contribution >= 4 is 21.0 Å². The highest BCUT2D eigenvalue weighted by molar-refractivity contribution is 8.08. The Kier molecular flexibility index (Phi) is 3.23. The summed E-state index contributed by atoms with van der Waals surface area (Å²) in [4.78, 5) is 15.3. The van der Waals surface area contributed by atoms with Crippen molar-refractivity contribution in [3.63, 3.8) is 0 Å². The SMILES string of the molecule is O=C(O)C1(S(=O)(=O)C2=NC3[C@@H](F)C[C@@H](c4ccccc4)N3N2)CC1. The molecule has 0 spiro atoms. The van der Waals surface area contributed by atoms with Crippen LogP contribution in [0.15, 0.2) is 35.3 Å². The number of hydrogen-bond acceptors (Lipinski definition) is 6. The Morgan fingerprint density at radius 3 is 2.58 bits per heavy atom. The largest absolute Gasteiger partial charge is 0.480 e. The first-order chi connectivity index (χ1) is 11.4. The van der Waals surface area contributed by atoms with Gasteiger partial charge >= 0.3 is 5.97 Å². The van der Waals surface area contributed by atoms with E-state index in [0.29, 0.717) is 0 Å². The molecule has 4 rings (SSSR count). The quantitative estimate of drug-likeness (QED) is 0.841. The summed E-state index contributed by atoms with van der Waals surface area (Å²) in [5.74, 6) is -1.38. The Balaban J connectivity index is 1.65. The number of carbonyl (C=O) groups is 1. The number of nitrogens with one attached hydrogen (secondary N) is 1. The molecule has 1 unspecified atom stereocenters. The summed E-state index contributed by atoms with van der Waals surface area (Å²) in [5.41, 5.74) is 3.52. The molecule has 1 saturated carbocycles. The first-order valence-corrected chi connectivity index (χ1v) is 9.15. The third kappa shape index (κ3) is 2.01. The van der Waals surface area contributed by atoms with Crippen LogP contribution in [-0.2, 0) is 14.6 Å². The highest BCUT2D eigenvalue weighted by Crippen LogP contribution is 2.46. The molecule has 0 bridgehead atoms.